The summed E-state index contributed by atoms with van der Waals surface area (Å²) in [6.45, 7) is 8.71. The van der Waals surface area contributed by atoms with Gasteiger partial charge < -0.3 is 4.74 Å². The lowest BCUT2D eigenvalue weighted by Gasteiger charge is -2.14. The number of unbranched alkanes of at least 4 members (excludes halogenated alkanes) is 2. The lowest BCUT2D eigenvalue weighted by Crippen LogP contribution is -2.19. The van der Waals surface area contributed by atoms with Gasteiger partial charge in [0.1, 0.15) is 5.25 Å². The fourth-order valence-electron chi connectivity index (χ4n) is 2.54. The van der Waals surface area contributed by atoms with Gasteiger partial charge in [-0.3, -0.25) is 4.79 Å². The second kappa shape index (κ2) is 21.2. The van der Waals surface area contributed by atoms with Gasteiger partial charge in [0.05, 0.1) is 6.61 Å². The average molecular weight is 419 g/mol. The van der Waals surface area contributed by atoms with Gasteiger partial charge in [0.25, 0.3) is 0 Å². The summed E-state index contributed by atoms with van der Waals surface area (Å²) < 4.78 is 5.23. The molecule has 0 saturated heterocycles. The summed E-state index contributed by atoms with van der Waals surface area (Å²) in [5.74, 6) is -0.103. The van der Waals surface area contributed by atoms with Gasteiger partial charge in [0, 0.05) is 0 Å². The summed E-state index contributed by atoms with van der Waals surface area (Å²) in [6, 6.07) is 0. The Labute approximate surface area is 184 Å². The molecule has 0 spiro atoms. The monoisotopic (exact) mass is 418 g/mol. The molecule has 0 aliphatic rings. The van der Waals surface area contributed by atoms with Crippen LogP contribution < -0.4 is 0 Å². The predicted molar refractivity (Wildman–Crippen MR) is 131 cm³/mol. The van der Waals surface area contributed by atoms with Crippen LogP contribution in [-0.4, -0.2) is 17.8 Å². The third-order valence-electron chi connectivity index (χ3n) is 4.19. The molecule has 0 heterocycles. The molecule has 0 saturated carbocycles. The molecule has 0 aliphatic carbocycles. The third kappa shape index (κ3) is 17.1. The second-order valence-electron chi connectivity index (χ2n) is 6.78. The first-order valence-electron chi connectivity index (χ1n) is 11.3. The Morgan fingerprint density at radius 2 is 1.52 bits per heavy atom. The van der Waals surface area contributed by atoms with Crippen molar-refractivity contribution in [2.75, 3.05) is 6.61 Å². The Morgan fingerprint density at radius 3 is 2.17 bits per heavy atom. The molecule has 0 aromatic carbocycles. The maximum absolute atomic E-state index is 12.2. The first kappa shape index (κ1) is 27.5. The number of rotatable bonds is 17. The Kier molecular flexibility index (Phi) is 20.2. The van der Waals surface area contributed by atoms with Crippen molar-refractivity contribution in [3.8, 4) is 0 Å². The Hall–Kier alpha value is -1.48. The number of hydrogen-bond acceptors (Lipinski definition) is 3. The number of esters is 1. The van der Waals surface area contributed by atoms with Crippen LogP contribution in [0.15, 0.2) is 59.6 Å². The molecule has 0 N–H and O–H groups in total. The first-order chi connectivity index (χ1) is 14.2. The normalized spacial score (nSPS) is 14.0. The summed E-state index contributed by atoms with van der Waals surface area (Å²) in [5, 5.41) is -0.125. The van der Waals surface area contributed by atoms with E-state index in [-0.39, 0.29) is 11.2 Å². The fourth-order valence-corrected chi connectivity index (χ4v) is 3.62. The lowest BCUT2D eigenvalue weighted by molar-refractivity contribution is -0.142. The molecular formula is C26H42O2S. The SMILES string of the molecule is CC/C=C/C/C=C/C/C=C(/C/C=C/C/C=C/CCCC)SC(CC)C(=O)OCC. The quantitative estimate of drug-likeness (QED) is 0.135. The van der Waals surface area contributed by atoms with Crippen LogP contribution in [0.4, 0.5) is 0 Å². The van der Waals surface area contributed by atoms with Crippen LogP contribution in [0, 0.1) is 0 Å². The summed E-state index contributed by atoms with van der Waals surface area (Å²) in [5.41, 5.74) is 0. The van der Waals surface area contributed by atoms with E-state index in [0.29, 0.717) is 6.61 Å². The third-order valence-corrected chi connectivity index (χ3v) is 5.63. The molecule has 0 fully saturated rings. The molecule has 0 rings (SSSR count). The van der Waals surface area contributed by atoms with Crippen molar-refractivity contribution in [2.24, 2.45) is 0 Å². The zero-order valence-corrected chi connectivity index (χ0v) is 19.9. The van der Waals surface area contributed by atoms with Crippen molar-refractivity contribution in [1.82, 2.24) is 0 Å². The Balaban J connectivity index is 4.76. The van der Waals surface area contributed by atoms with Gasteiger partial charge in [0.15, 0.2) is 0 Å². The highest BCUT2D eigenvalue weighted by Gasteiger charge is 2.19. The van der Waals surface area contributed by atoms with Crippen molar-refractivity contribution in [1.29, 1.82) is 0 Å². The predicted octanol–water partition coefficient (Wildman–Crippen LogP) is 8.33. The van der Waals surface area contributed by atoms with Crippen molar-refractivity contribution in [3.05, 3.63) is 59.6 Å². The molecule has 2 nitrogen and oxygen atoms in total. The van der Waals surface area contributed by atoms with Crippen LogP contribution in [0.25, 0.3) is 0 Å². The number of carbonyl (C=O) groups excluding carboxylic acids is 1. The summed E-state index contributed by atoms with van der Waals surface area (Å²) >= 11 is 1.65. The van der Waals surface area contributed by atoms with Crippen LogP contribution in [0.2, 0.25) is 0 Å². The summed E-state index contributed by atoms with van der Waals surface area (Å²) in [7, 11) is 0. The highest BCUT2D eigenvalue weighted by Crippen LogP contribution is 2.28. The Bertz CT molecular complexity index is 541. The van der Waals surface area contributed by atoms with Gasteiger partial charge in [0.2, 0.25) is 0 Å². The minimum atomic E-state index is -0.125. The number of thioether (sulfide) groups is 1. The highest BCUT2D eigenvalue weighted by molar-refractivity contribution is 8.04. The van der Waals surface area contributed by atoms with Gasteiger partial charge in [-0.2, -0.15) is 0 Å². The van der Waals surface area contributed by atoms with Gasteiger partial charge in [-0.25, -0.2) is 0 Å². The number of hydrogen-bond donors (Lipinski definition) is 0. The van der Waals surface area contributed by atoms with Crippen LogP contribution in [0.1, 0.15) is 85.5 Å². The fraction of sp³-hybridized carbons (Fsp3) is 0.577. The molecule has 0 aliphatic heterocycles. The molecule has 0 aromatic rings. The van der Waals surface area contributed by atoms with Crippen molar-refractivity contribution in [3.63, 3.8) is 0 Å². The van der Waals surface area contributed by atoms with E-state index in [2.05, 4.69) is 68.5 Å². The number of ether oxygens (including phenoxy) is 1. The highest BCUT2D eigenvalue weighted by atomic mass is 32.2. The molecule has 0 amide bonds. The molecule has 1 atom stereocenters. The van der Waals surface area contributed by atoms with Crippen LogP contribution in [-0.2, 0) is 9.53 Å². The average Bonchev–Trinajstić information content (AvgIpc) is 2.72. The first-order valence-corrected chi connectivity index (χ1v) is 12.2. The molecule has 1 unspecified atom stereocenters. The molecule has 0 bridgehead atoms. The van der Waals surface area contributed by atoms with E-state index in [0.717, 1.165) is 38.5 Å². The van der Waals surface area contributed by atoms with E-state index in [4.69, 9.17) is 4.74 Å². The maximum atomic E-state index is 12.2. The zero-order chi connectivity index (χ0) is 21.6. The lowest BCUT2D eigenvalue weighted by atomic mass is 10.2. The number of carbonyl (C=O) groups is 1. The van der Waals surface area contributed by atoms with Crippen molar-refractivity contribution in [2.45, 2.75) is 90.7 Å². The summed E-state index contributed by atoms with van der Waals surface area (Å²) in [4.78, 5) is 13.4. The summed E-state index contributed by atoms with van der Waals surface area (Å²) in [6.07, 6.45) is 29.2. The molecule has 0 aromatic heterocycles. The smallest absolute Gasteiger partial charge is 0.319 e. The van der Waals surface area contributed by atoms with E-state index in [1.807, 2.05) is 13.8 Å². The largest absolute Gasteiger partial charge is 0.465 e. The second-order valence-corrected chi connectivity index (χ2v) is 8.11. The van der Waals surface area contributed by atoms with E-state index in [1.165, 1.54) is 24.2 Å². The van der Waals surface area contributed by atoms with E-state index >= 15 is 0 Å². The topological polar surface area (TPSA) is 26.3 Å². The van der Waals surface area contributed by atoms with E-state index in [9.17, 15) is 4.79 Å². The molecule has 3 heteroatoms. The molecular weight excluding hydrogens is 376 g/mol. The zero-order valence-electron chi connectivity index (χ0n) is 19.1. The molecule has 0 radical (unpaired) electrons. The van der Waals surface area contributed by atoms with Crippen molar-refractivity contribution < 1.29 is 9.53 Å². The van der Waals surface area contributed by atoms with Crippen molar-refractivity contribution >= 4 is 17.7 Å². The molecule has 164 valence electrons. The Morgan fingerprint density at radius 1 is 0.862 bits per heavy atom. The van der Waals surface area contributed by atoms with E-state index < -0.39 is 0 Å². The van der Waals surface area contributed by atoms with Crippen LogP contribution in [0.3, 0.4) is 0 Å². The van der Waals surface area contributed by atoms with Gasteiger partial charge in [-0.15, -0.1) is 11.8 Å². The minimum absolute atomic E-state index is 0.103. The van der Waals surface area contributed by atoms with Gasteiger partial charge in [-0.05, 0) is 56.8 Å². The minimum Gasteiger partial charge on any atom is -0.465 e. The van der Waals surface area contributed by atoms with Gasteiger partial charge in [-0.1, -0.05) is 88.3 Å². The van der Waals surface area contributed by atoms with Crippen LogP contribution in [0.5, 0.6) is 0 Å². The van der Waals surface area contributed by atoms with Gasteiger partial charge >= 0.3 is 5.97 Å². The van der Waals surface area contributed by atoms with Crippen LogP contribution >= 0.6 is 11.8 Å². The maximum Gasteiger partial charge on any atom is 0.319 e. The standard InChI is InChI=1S/C26H42O2S/c1-5-9-11-13-15-17-19-21-23-24(22-20-18-16-14-12-10-6-2)29-25(7-3)26(27)28-8-4/h10,12-13,15-16,18-19,21-22,25H,5-9,11,14,17,20,23H2,1-4H3/b12-10+,15-13+,18-16+,21-19+,24-22-. The number of allylic oxidation sites excluding steroid dienone is 10. The van der Waals surface area contributed by atoms with E-state index in [1.54, 1.807) is 11.8 Å². The molecule has 29 heavy (non-hydrogen) atoms.